The lowest BCUT2D eigenvalue weighted by molar-refractivity contribution is -0.114. The molecule has 0 atom stereocenters. The molecule has 0 saturated carbocycles. The first-order chi connectivity index (χ1) is 15.7. The Kier molecular flexibility index (Phi) is 7.23. The number of benzene rings is 2. The van der Waals surface area contributed by atoms with Crippen molar-refractivity contribution in [1.82, 2.24) is 0 Å². The third-order valence-electron chi connectivity index (χ3n) is 5.00. The van der Waals surface area contributed by atoms with Gasteiger partial charge in [0.25, 0.3) is 16.0 Å². The van der Waals surface area contributed by atoms with Crippen LogP contribution in [0.15, 0.2) is 64.1 Å². The lowest BCUT2D eigenvalue weighted by Crippen LogP contribution is -2.25. The van der Waals surface area contributed by atoms with Crippen molar-refractivity contribution in [2.24, 2.45) is 5.10 Å². The van der Waals surface area contributed by atoms with E-state index in [1.165, 1.54) is 29.3 Å². The van der Waals surface area contributed by atoms with E-state index in [2.05, 4.69) is 17.2 Å². The van der Waals surface area contributed by atoms with Crippen molar-refractivity contribution >= 4 is 39.2 Å². The standard InChI is InChI=1S/C23H21N5O4S/c1-17-22(23(29)28(26-17)20-8-10-21(11-9-20)33(30,31)32)16-18-4-6-19(7-5-18)27(14-2-12-24)15-3-13-25/h4-11,16H,2-3,14-15H2,1H3,(H,30,31,32)/b22-16+. The van der Waals surface area contributed by atoms with Gasteiger partial charge < -0.3 is 4.90 Å². The number of amides is 1. The Morgan fingerprint density at radius 2 is 1.61 bits per heavy atom. The average Bonchev–Trinajstić information content (AvgIpc) is 3.08. The zero-order chi connectivity index (χ0) is 24.0. The number of nitrogens with zero attached hydrogens (tertiary/aromatic N) is 5. The summed E-state index contributed by atoms with van der Waals surface area (Å²) >= 11 is 0. The first kappa shape index (κ1) is 23.7. The second kappa shape index (κ2) is 10.1. The molecule has 1 N–H and O–H groups in total. The molecule has 10 heteroatoms. The molecule has 0 spiro atoms. The topological polar surface area (TPSA) is 138 Å². The molecule has 0 radical (unpaired) electrons. The van der Waals surface area contributed by atoms with Gasteiger partial charge in [-0.15, -0.1) is 0 Å². The molecule has 0 saturated heterocycles. The molecule has 2 aromatic rings. The molecule has 0 bridgehead atoms. The number of hydrogen-bond acceptors (Lipinski definition) is 7. The molecule has 0 aliphatic carbocycles. The van der Waals surface area contributed by atoms with Crippen LogP contribution in [0.25, 0.3) is 6.08 Å². The molecule has 168 valence electrons. The van der Waals surface area contributed by atoms with Crippen LogP contribution >= 0.6 is 0 Å². The molecule has 9 nitrogen and oxygen atoms in total. The maximum atomic E-state index is 12.9. The van der Waals surface area contributed by atoms with Crippen LogP contribution < -0.4 is 9.91 Å². The Balaban J connectivity index is 1.80. The van der Waals surface area contributed by atoms with Gasteiger partial charge in [0.1, 0.15) is 0 Å². The Morgan fingerprint density at radius 3 is 2.12 bits per heavy atom. The summed E-state index contributed by atoms with van der Waals surface area (Å²) in [6.07, 6.45) is 2.41. The highest BCUT2D eigenvalue weighted by Crippen LogP contribution is 2.26. The van der Waals surface area contributed by atoms with E-state index in [4.69, 9.17) is 15.1 Å². The molecule has 33 heavy (non-hydrogen) atoms. The minimum absolute atomic E-state index is 0.270. The minimum atomic E-state index is -4.33. The number of carbonyl (C=O) groups excluding carboxylic acids is 1. The third kappa shape index (κ3) is 5.63. The maximum Gasteiger partial charge on any atom is 0.294 e. The summed E-state index contributed by atoms with van der Waals surface area (Å²) in [5.74, 6) is -0.360. The van der Waals surface area contributed by atoms with Crippen molar-refractivity contribution in [2.75, 3.05) is 23.0 Å². The summed E-state index contributed by atoms with van der Waals surface area (Å²) in [5, 5.41) is 23.2. The van der Waals surface area contributed by atoms with E-state index in [9.17, 15) is 13.2 Å². The van der Waals surface area contributed by atoms with Gasteiger partial charge >= 0.3 is 0 Å². The fraction of sp³-hybridized carbons (Fsp3) is 0.217. The Labute approximate surface area is 192 Å². The smallest absolute Gasteiger partial charge is 0.294 e. The van der Waals surface area contributed by atoms with Crippen molar-refractivity contribution in [2.45, 2.75) is 24.7 Å². The van der Waals surface area contributed by atoms with E-state index in [1.54, 1.807) is 13.0 Å². The van der Waals surface area contributed by atoms with Crippen LogP contribution in [0.2, 0.25) is 0 Å². The molecule has 0 unspecified atom stereocenters. The van der Waals surface area contributed by atoms with Crippen LogP contribution in [-0.2, 0) is 14.9 Å². The van der Waals surface area contributed by atoms with Gasteiger partial charge in [0.05, 0.1) is 46.8 Å². The molecular formula is C23H21N5O4S. The van der Waals surface area contributed by atoms with Crippen LogP contribution in [0.4, 0.5) is 11.4 Å². The summed E-state index contributed by atoms with van der Waals surface area (Å²) < 4.78 is 31.5. The summed E-state index contributed by atoms with van der Waals surface area (Å²) in [5.41, 5.74) is 2.93. The first-order valence-electron chi connectivity index (χ1n) is 10.0. The van der Waals surface area contributed by atoms with Crippen molar-refractivity contribution in [3.63, 3.8) is 0 Å². The van der Waals surface area contributed by atoms with E-state index < -0.39 is 10.1 Å². The summed E-state index contributed by atoms with van der Waals surface area (Å²) in [6.45, 7) is 2.75. The average molecular weight is 464 g/mol. The predicted molar refractivity (Wildman–Crippen MR) is 124 cm³/mol. The number of carbonyl (C=O) groups is 1. The van der Waals surface area contributed by atoms with Gasteiger partial charge in [0.2, 0.25) is 0 Å². The molecule has 0 fully saturated rings. The van der Waals surface area contributed by atoms with Crippen LogP contribution in [0.5, 0.6) is 0 Å². The monoisotopic (exact) mass is 463 g/mol. The van der Waals surface area contributed by atoms with E-state index in [1.807, 2.05) is 29.2 Å². The normalized spacial score (nSPS) is 14.7. The first-order valence-corrected chi connectivity index (χ1v) is 11.5. The quantitative estimate of drug-likeness (QED) is 0.468. The van der Waals surface area contributed by atoms with Crippen LogP contribution in [0, 0.1) is 22.7 Å². The third-order valence-corrected chi connectivity index (χ3v) is 5.87. The highest BCUT2D eigenvalue weighted by molar-refractivity contribution is 7.85. The van der Waals surface area contributed by atoms with Crippen molar-refractivity contribution in [3.8, 4) is 12.1 Å². The number of nitriles is 2. The van der Waals surface area contributed by atoms with Crippen LogP contribution in [-0.4, -0.2) is 37.7 Å². The second-order valence-corrected chi connectivity index (χ2v) is 8.65. The van der Waals surface area contributed by atoms with Gasteiger partial charge in [0, 0.05) is 18.8 Å². The van der Waals surface area contributed by atoms with Gasteiger partial charge in [-0.2, -0.15) is 29.1 Å². The van der Waals surface area contributed by atoms with Gasteiger partial charge in [-0.05, 0) is 55.0 Å². The fourth-order valence-electron chi connectivity index (χ4n) is 3.31. The van der Waals surface area contributed by atoms with Gasteiger partial charge in [-0.25, -0.2) is 0 Å². The van der Waals surface area contributed by atoms with E-state index in [0.717, 1.165) is 11.3 Å². The van der Waals surface area contributed by atoms with Gasteiger partial charge in [0.15, 0.2) is 0 Å². The molecule has 1 heterocycles. The molecular weight excluding hydrogens is 442 g/mol. The Hall–Kier alpha value is -3.99. The predicted octanol–water partition coefficient (Wildman–Crippen LogP) is 3.37. The number of hydrazone groups is 1. The number of rotatable bonds is 8. The zero-order valence-electron chi connectivity index (χ0n) is 17.8. The highest BCUT2D eigenvalue weighted by atomic mass is 32.2. The minimum Gasteiger partial charge on any atom is -0.369 e. The van der Waals surface area contributed by atoms with Crippen LogP contribution in [0.3, 0.4) is 0 Å². The summed E-state index contributed by atoms with van der Waals surface area (Å²) in [6, 6.07) is 16.9. The number of anilines is 2. The zero-order valence-corrected chi connectivity index (χ0v) is 18.7. The van der Waals surface area contributed by atoms with Crippen molar-refractivity contribution < 1.29 is 17.8 Å². The lowest BCUT2D eigenvalue weighted by atomic mass is 10.1. The Morgan fingerprint density at radius 1 is 1.03 bits per heavy atom. The van der Waals surface area contributed by atoms with Crippen molar-refractivity contribution in [3.05, 3.63) is 59.7 Å². The molecule has 3 rings (SSSR count). The second-order valence-electron chi connectivity index (χ2n) is 7.22. The van der Waals surface area contributed by atoms with E-state index in [0.29, 0.717) is 42.9 Å². The Bertz CT molecular complexity index is 1270. The van der Waals surface area contributed by atoms with Gasteiger partial charge in [-0.3, -0.25) is 9.35 Å². The maximum absolute atomic E-state index is 12.9. The molecule has 1 amide bonds. The molecule has 1 aliphatic rings. The van der Waals surface area contributed by atoms with Crippen LogP contribution in [0.1, 0.15) is 25.3 Å². The molecule has 2 aromatic carbocycles. The molecule has 1 aliphatic heterocycles. The summed E-state index contributed by atoms with van der Waals surface area (Å²) in [7, 11) is -4.33. The molecule has 0 aromatic heterocycles. The fourth-order valence-corrected chi connectivity index (χ4v) is 3.79. The summed E-state index contributed by atoms with van der Waals surface area (Å²) in [4.78, 5) is 14.6. The largest absolute Gasteiger partial charge is 0.369 e. The highest BCUT2D eigenvalue weighted by Gasteiger charge is 2.29. The lowest BCUT2D eigenvalue weighted by Gasteiger charge is -2.22. The number of hydrogen-bond donors (Lipinski definition) is 1. The SMILES string of the molecule is CC1=NN(c2ccc(S(=O)(=O)O)cc2)C(=O)/C1=C/c1ccc(N(CCC#N)CCC#N)cc1. The van der Waals surface area contributed by atoms with Gasteiger partial charge in [-0.1, -0.05) is 12.1 Å². The van der Waals surface area contributed by atoms with E-state index >= 15 is 0 Å². The van der Waals surface area contributed by atoms with E-state index in [-0.39, 0.29) is 10.8 Å². The van der Waals surface area contributed by atoms with Crippen molar-refractivity contribution in [1.29, 1.82) is 10.5 Å².